The molecule has 0 aromatic heterocycles. The molecule has 3 amide bonds. The minimum Gasteiger partial charge on any atom is -0.340 e. The lowest BCUT2D eigenvalue weighted by molar-refractivity contribution is -0.156. The Bertz CT molecular complexity index is 446. The number of piperazine rings is 1. The molecule has 1 unspecified atom stereocenters. The van der Waals surface area contributed by atoms with E-state index < -0.39 is 0 Å². The fourth-order valence-electron chi connectivity index (χ4n) is 3.36. The van der Waals surface area contributed by atoms with E-state index in [9.17, 15) is 14.4 Å². The summed E-state index contributed by atoms with van der Waals surface area (Å²) in [6, 6.07) is -0.329. The van der Waals surface area contributed by atoms with Gasteiger partial charge >= 0.3 is 0 Å². The van der Waals surface area contributed by atoms with E-state index in [1.54, 1.807) is 9.80 Å². The van der Waals surface area contributed by atoms with Crippen molar-refractivity contribution in [1.82, 2.24) is 20.0 Å². The van der Waals surface area contributed by atoms with Crippen LogP contribution in [0.2, 0.25) is 0 Å². The highest BCUT2D eigenvalue weighted by atomic mass is 16.2. The average molecular weight is 294 g/mol. The fraction of sp³-hybridized carbons (Fsp3) is 0.786. The van der Waals surface area contributed by atoms with Crippen molar-refractivity contribution in [2.75, 3.05) is 45.8 Å². The highest BCUT2D eigenvalue weighted by Crippen LogP contribution is 2.23. The van der Waals surface area contributed by atoms with Crippen LogP contribution in [0.4, 0.5) is 0 Å². The molecular formula is C14H22N4O3. The van der Waals surface area contributed by atoms with Crippen LogP contribution in [0, 0.1) is 0 Å². The Labute approximate surface area is 124 Å². The summed E-state index contributed by atoms with van der Waals surface area (Å²) in [7, 11) is 0. The Kier molecular flexibility index (Phi) is 4.10. The fourth-order valence-corrected chi connectivity index (χ4v) is 3.36. The van der Waals surface area contributed by atoms with E-state index in [0.29, 0.717) is 13.1 Å². The molecule has 0 bridgehead atoms. The van der Waals surface area contributed by atoms with Crippen molar-refractivity contribution in [3.05, 3.63) is 0 Å². The van der Waals surface area contributed by atoms with Crippen molar-refractivity contribution in [2.24, 2.45) is 0 Å². The first-order valence-corrected chi connectivity index (χ1v) is 7.73. The van der Waals surface area contributed by atoms with Crippen LogP contribution < -0.4 is 5.32 Å². The van der Waals surface area contributed by atoms with Gasteiger partial charge in [0.15, 0.2) is 0 Å². The quantitative estimate of drug-likeness (QED) is 0.683. The van der Waals surface area contributed by atoms with Gasteiger partial charge in [-0.2, -0.15) is 0 Å². The first-order valence-electron chi connectivity index (χ1n) is 7.73. The Balaban J connectivity index is 1.62. The molecule has 116 valence electrons. The molecule has 3 heterocycles. The van der Waals surface area contributed by atoms with E-state index in [2.05, 4.69) is 5.32 Å². The minimum absolute atomic E-state index is 0.0255. The molecule has 0 radical (unpaired) electrons. The van der Waals surface area contributed by atoms with E-state index in [0.717, 1.165) is 38.9 Å². The maximum Gasteiger partial charge on any atom is 0.246 e. The van der Waals surface area contributed by atoms with Crippen molar-refractivity contribution in [2.45, 2.75) is 25.3 Å². The summed E-state index contributed by atoms with van der Waals surface area (Å²) in [4.78, 5) is 41.7. The zero-order chi connectivity index (χ0) is 14.8. The van der Waals surface area contributed by atoms with Crippen LogP contribution in [-0.2, 0) is 14.4 Å². The van der Waals surface area contributed by atoms with E-state index in [1.807, 2.05) is 0 Å². The standard InChI is InChI=1S/C14H22N4O3/c19-12(16-6-2-4-15-5-8-16)9-17-10-13(20)18-7-1-3-11(18)14(17)21/h11,15H,1-10H2. The second-order valence-electron chi connectivity index (χ2n) is 5.92. The monoisotopic (exact) mass is 294 g/mol. The van der Waals surface area contributed by atoms with Crippen LogP contribution in [-0.4, -0.2) is 84.3 Å². The lowest BCUT2D eigenvalue weighted by atomic mass is 10.1. The van der Waals surface area contributed by atoms with E-state index in [4.69, 9.17) is 0 Å². The van der Waals surface area contributed by atoms with Gasteiger partial charge in [-0.3, -0.25) is 14.4 Å². The number of hydrogen-bond donors (Lipinski definition) is 1. The predicted molar refractivity (Wildman–Crippen MR) is 75.4 cm³/mol. The summed E-state index contributed by atoms with van der Waals surface area (Å²) < 4.78 is 0. The Morgan fingerprint density at radius 2 is 2.00 bits per heavy atom. The molecule has 1 atom stereocenters. The maximum absolute atomic E-state index is 12.4. The predicted octanol–water partition coefficient (Wildman–Crippen LogP) is -1.36. The van der Waals surface area contributed by atoms with Gasteiger partial charge in [0.2, 0.25) is 17.7 Å². The van der Waals surface area contributed by atoms with Crippen LogP contribution >= 0.6 is 0 Å². The number of carbonyl (C=O) groups is 3. The zero-order valence-electron chi connectivity index (χ0n) is 12.2. The molecule has 0 aliphatic carbocycles. The molecule has 1 N–H and O–H groups in total. The van der Waals surface area contributed by atoms with Crippen molar-refractivity contribution in [3.63, 3.8) is 0 Å². The largest absolute Gasteiger partial charge is 0.340 e. The molecule has 3 saturated heterocycles. The lowest BCUT2D eigenvalue weighted by Gasteiger charge is -2.36. The third-order valence-electron chi connectivity index (χ3n) is 4.51. The molecule has 3 rings (SSSR count). The van der Waals surface area contributed by atoms with Crippen molar-refractivity contribution >= 4 is 17.7 Å². The second kappa shape index (κ2) is 6.01. The molecular weight excluding hydrogens is 272 g/mol. The van der Waals surface area contributed by atoms with Gasteiger partial charge in [0, 0.05) is 26.2 Å². The summed E-state index contributed by atoms with van der Waals surface area (Å²) in [5, 5.41) is 3.25. The number of nitrogens with one attached hydrogen (secondary N) is 1. The van der Waals surface area contributed by atoms with Crippen molar-refractivity contribution in [3.8, 4) is 0 Å². The number of hydrogen-bond acceptors (Lipinski definition) is 4. The maximum atomic E-state index is 12.4. The lowest BCUT2D eigenvalue weighted by Crippen LogP contribution is -2.59. The van der Waals surface area contributed by atoms with E-state index >= 15 is 0 Å². The number of rotatable bonds is 2. The molecule has 3 aliphatic heterocycles. The van der Waals surface area contributed by atoms with Gasteiger partial charge in [0.05, 0.1) is 0 Å². The average Bonchev–Trinajstić information content (AvgIpc) is 2.80. The molecule has 0 aromatic rings. The van der Waals surface area contributed by atoms with E-state index in [1.165, 1.54) is 4.90 Å². The van der Waals surface area contributed by atoms with Gasteiger partial charge in [0.1, 0.15) is 19.1 Å². The molecule has 3 aliphatic rings. The number of carbonyl (C=O) groups excluding carboxylic acids is 3. The Hall–Kier alpha value is -1.63. The summed E-state index contributed by atoms with van der Waals surface area (Å²) in [6.07, 6.45) is 2.53. The van der Waals surface area contributed by atoms with Crippen LogP contribution in [0.1, 0.15) is 19.3 Å². The van der Waals surface area contributed by atoms with Crippen LogP contribution in [0.3, 0.4) is 0 Å². The van der Waals surface area contributed by atoms with Crippen LogP contribution in [0.5, 0.6) is 0 Å². The van der Waals surface area contributed by atoms with Gasteiger partial charge in [-0.25, -0.2) is 0 Å². The van der Waals surface area contributed by atoms with Gasteiger partial charge in [-0.15, -0.1) is 0 Å². The summed E-state index contributed by atoms with van der Waals surface area (Å²) >= 11 is 0. The SMILES string of the molecule is O=C(CN1CC(=O)N2CCCC2C1=O)N1CCCNCC1. The summed E-state index contributed by atoms with van der Waals surface area (Å²) in [6.45, 7) is 3.86. The van der Waals surface area contributed by atoms with Crippen molar-refractivity contribution < 1.29 is 14.4 Å². The number of amides is 3. The summed E-state index contributed by atoms with van der Waals surface area (Å²) in [5.41, 5.74) is 0. The normalized spacial score (nSPS) is 26.9. The van der Waals surface area contributed by atoms with Gasteiger partial charge in [-0.1, -0.05) is 0 Å². The number of nitrogens with zero attached hydrogens (tertiary/aromatic N) is 3. The molecule has 0 aromatic carbocycles. The number of fused-ring (bicyclic) bond motifs is 1. The third kappa shape index (κ3) is 2.88. The first kappa shape index (κ1) is 14.3. The topological polar surface area (TPSA) is 73.0 Å². The molecule has 3 fully saturated rings. The van der Waals surface area contributed by atoms with Crippen molar-refractivity contribution in [1.29, 1.82) is 0 Å². The molecule has 21 heavy (non-hydrogen) atoms. The summed E-state index contributed by atoms with van der Waals surface area (Å²) in [5.74, 6) is -0.137. The van der Waals surface area contributed by atoms with Crippen LogP contribution in [0.15, 0.2) is 0 Å². The van der Waals surface area contributed by atoms with Gasteiger partial charge in [0.25, 0.3) is 0 Å². The second-order valence-corrected chi connectivity index (χ2v) is 5.92. The third-order valence-corrected chi connectivity index (χ3v) is 4.51. The van der Waals surface area contributed by atoms with Gasteiger partial charge in [-0.05, 0) is 25.8 Å². The Morgan fingerprint density at radius 3 is 2.86 bits per heavy atom. The first-order chi connectivity index (χ1) is 10.2. The van der Waals surface area contributed by atoms with E-state index in [-0.39, 0.29) is 36.9 Å². The highest BCUT2D eigenvalue weighted by Gasteiger charge is 2.42. The smallest absolute Gasteiger partial charge is 0.246 e. The molecule has 7 nitrogen and oxygen atoms in total. The molecule has 7 heteroatoms. The highest BCUT2D eigenvalue weighted by molar-refractivity contribution is 5.97. The minimum atomic E-state index is -0.329. The zero-order valence-corrected chi connectivity index (χ0v) is 12.2. The van der Waals surface area contributed by atoms with Gasteiger partial charge < -0.3 is 20.0 Å². The molecule has 0 spiro atoms. The molecule has 0 saturated carbocycles. The Morgan fingerprint density at radius 1 is 1.14 bits per heavy atom. The van der Waals surface area contributed by atoms with Crippen LogP contribution in [0.25, 0.3) is 0 Å².